The summed E-state index contributed by atoms with van der Waals surface area (Å²) in [4.78, 5) is 16.0. The quantitative estimate of drug-likeness (QED) is 0.651. The second-order valence-corrected chi connectivity index (χ2v) is 9.60. The van der Waals surface area contributed by atoms with Crippen molar-refractivity contribution >= 4 is 54.7 Å². The van der Waals surface area contributed by atoms with Gasteiger partial charge in [-0.05, 0) is 42.5 Å². The summed E-state index contributed by atoms with van der Waals surface area (Å²) in [7, 11) is -3.98. The van der Waals surface area contributed by atoms with E-state index >= 15 is 0 Å². The summed E-state index contributed by atoms with van der Waals surface area (Å²) in [6.07, 6.45) is 1.38. The van der Waals surface area contributed by atoms with Crippen molar-refractivity contribution in [2.45, 2.75) is 4.90 Å². The van der Waals surface area contributed by atoms with E-state index in [-0.39, 0.29) is 9.80 Å². The highest BCUT2D eigenvalue weighted by Crippen LogP contribution is 2.41. The summed E-state index contributed by atoms with van der Waals surface area (Å²) in [6.45, 7) is 1.50. The summed E-state index contributed by atoms with van der Waals surface area (Å²) in [5.74, 6) is -0.522. The number of amides is 1. The van der Waals surface area contributed by atoms with Gasteiger partial charge in [0.05, 0.1) is 23.8 Å². The van der Waals surface area contributed by atoms with E-state index in [2.05, 4.69) is 15.9 Å². The maximum atomic E-state index is 13.2. The van der Waals surface area contributed by atoms with Crippen molar-refractivity contribution < 1.29 is 17.9 Å². The van der Waals surface area contributed by atoms with Crippen molar-refractivity contribution in [1.82, 2.24) is 4.90 Å². The lowest BCUT2D eigenvalue weighted by Crippen LogP contribution is -2.43. The molecular weight excluding hydrogens is 468 g/mol. The lowest BCUT2D eigenvalue weighted by atomic mass is 10.2. The highest BCUT2D eigenvalue weighted by molar-refractivity contribution is 9.10. The SMILES string of the molecule is O=C(C1=CN(c2ccc(Br)cc2)c2cc(Cl)ccc2S1(=O)=O)N1CCOCC1. The molecular formula is C19H16BrClN2O4S. The van der Waals surface area contributed by atoms with E-state index in [1.807, 2.05) is 24.3 Å². The lowest BCUT2D eigenvalue weighted by Gasteiger charge is -2.32. The van der Waals surface area contributed by atoms with E-state index in [4.69, 9.17) is 16.3 Å². The van der Waals surface area contributed by atoms with Crippen LogP contribution in [0.2, 0.25) is 5.02 Å². The number of benzene rings is 2. The predicted molar refractivity (Wildman–Crippen MR) is 110 cm³/mol. The summed E-state index contributed by atoms with van der Waals surface area (Å²) in [5.41, 5.74) is 1.13. The van der Waals surface area contributed by atoms with Gasteiger partial charge in [-0.1, -0.05) is 27.5 Å². The van der Waals surface area contributed by atoms with Gasteiger partial charge in [0.1, 0.15) is 0 Å². The van der Waals surface area contributed by atoms with Crippen LogP contribution in [0.3, 0.4) is 0 Å². The standard InChI is InChI=1S/C19H16BrClN2O4S/c20-13-1-4-15(5-2-13)23-12-18(19(24)22-7-9-27-10-8-22)28(25,26)17-6-3-14(21)11-16(17)23/h1-6,11-12H,7-10H2. The third-order valence-corrected chi connectivity index (χ3v) is 7.17. The summed E-state index contributed by atoms with van der Waals surface area (Å²) in [5, 5.41) is 0.410. The van der Waals surface area contributed by atoms with Gasteiger partial charge in [0.15, 0.2) is 4.91 Å². The van der Waals surface area contributed by atoms with Gasteiger partial charge in [-0.2, -0.15) is 0 Å². The van der Waals surface area contributed by atoms with Crippen LogP contribution in [-0.2, 0) is 19.4 Å². The fourth-order valence-electron chi connectivity index (χ4n) is 3.19. The third-order valence-electron chi connectivity index (χ3n) is 4.62. The molecule has 1 fully saturated rings. The van der Waals surface area contributed by atoms with E-state index in [0.717, 1.165) is 4.47 Å². The normalized spacial score (nSPS) is 18.4. The highest BCUT2D eigenvalue weighted by Gasteiger charge is 2.38. The first kappa shape index (κ1) is 19.4. The minimum absolute atomic E-state index is 0.0546. The minimum Gasteiger partial charge on any atom is -0.378 e. The van der Waals surface area contributed by atoms with Gasteiger partial charge >= 0.3 is 0 Å². The maximum Gasteiger partial charge on any atom is 0.267 e. The van der Waals surface area contributed by atoms with Crippen LogP contribution in [0.1, 0.15) is 0 Å². The topological polar surface area (TPSA) is 66.9 Å². The monoisotopic (exact) mass is 482 g/mol. The number of morpholine rings is 1. The molecule has 1 amide bonds. The molecule has 0 bridgehead atoms. The van der Waals surface area contributed by atoms with Crippen LogP contribution in [0, 0.1) is 0 Å². The first-order valence-corrected chi connectivity index (χ1v) is 11.2. The van der Waals surface area contributed by atoms with Crippen LogP contribution in [-0.4, -0.2) is 45.5 Å². The van der Waals surface area contributed by atoms with E-state index in [0.29, 0.717) is 42.7 Å². The van der Waals surface area contributed by atoms with Crippen molar-refractivity contribution in [1.29, 1.82) is 0 Å². The highest BCUT2D eigenvalue weighted by atomic mass is 79.9. The number of rotatable bonds is 2. The Hall–Kier alpha value is -1.87. The number of nitrogens with zero attached hydrogens (tertiary/aromatic N) is 2. The molecule has 2 aliphatic heterocycles. The van der Waals surface area contributed by atoms with Crippen molar-refractivity contribution in [2.75, 3.05) is 31.2 Å². The van der Waals surface area contributed by atoms with Gasteiger partial charge in [-0.25, -0.2) is 8.42 Å². The third kappa shape index (κ3) is 3.45. The van der Waals surface area contributed by atoms with Crippen molar-refractivity contribution in [2.24, 2.45) is 0 Å². The minimum atomic E-state index is -3.98. The molecule has 146 valence electrons. The summed E-state index contributed by atoms with van der Waals surface area (Å²) in [6, 6.07) is 11.9. The zero-order valence-corrected chi connectivity index (χ0v) is 17.8. The molecule has 1 saturated heterocycles. The Bertz CT molecular complexity index is 1060. The number of sulfone groups is 1. The Labute approximate surface area is 176 Å². The fourth-order valence-corrected chi connectivity index (χ4v) is 5.14. The number of hydrogen-bond donors (Lipinski definition) is 0. The number of carbonyl (C=O) groups is 1. The zero-order valence-electron chi connectivity index (χ0n) is 14.6. The second-order valence-electron chi connectivity index (χ2n) is 6.36. The zero-order chi connectivity index (χ0) is 19.9. The molecule has 0 aromatic heterocycles. The van der Waals surface area contributed by atoms with Crippen LogP contribution in [0.4, 0.5) is 11.4 Å². The van der Waals surface area contributed by atoms with E-state index < -0.39 is 15.7 Å². The molecule has 9 heteroatoms. The maximum absolute atomic E-state index is 13.2. The number of fused-ring (bicyclic) bond motifs is 1. The molecule has 4 rings (SSSR count). The lowest BCUT2D eigenvalue weighted by molar-refractivity contribution is -0.130. The Kier molecular flexibility index (Phi) is 5.22. The van der Waals surface area contributed by atoms with Crippen LogP contribution in [0.25, 0.3) is 0 Å². The molecule has 0 radical (unpaired) electrons. The summed E-state index contributed by atoms with van der Waals surface area (Å²) >= 11 is 9.52. The average Bonchev–Trinajstić information content (AvgIpc) is 2.69. The Balaban J connectivity index is 1.87. The molecule has 2 aromatic rings. The molecule has 2 heterocycles. The van der Waals surface area contributed by atoms with Crippen molar-refractivity contribution in [3.8, 4) is 0 Å². The van der Waals surface area contributed by atoms with Crippen LogP contribution < -0.4 is 4.90 Å². The van der Waals surface area contributed by atoms with Gasteiger partial charge in [0.25, 0.3) is 5.91 Å². The molecule has 28 heavy (non-hydrogen) atoms. The molecule has 6 nitrogen and oxygen atoms in total. The predicted octanol–water partition coefficient (Wildman–Crippen LogP) is 3.73. The number of carbonyl (C=O) groups excluding carboxylic acids is 1. The second kappa shape index (κ2) is 7.51. The Morgan fingerprint density at radius 1 is 1.07 bits per heavy atom. The van der Waals surface area contributed by atoms with Gasteiger partial charge in [-0.3, -0.25) is 4.79 Å². The van der Waals surface area contributed by atoms with Crippen LogP contribution in [0.15, 0.2) is 62.9 Å². The Morgan fingerprint density at radius 2 is 1.75 bits per heavy atom. The van der Waals surface area contributed by atoms with Gasteiger partial charge in [-0.15, -0.1) is 0 Å². The molecule has 0 N–H and O–H groups in total. The fraction of sp³-hybridized carbons (Fsp3) is 0.211. The van der Waals surface area contributed by atoms with Gasteiger partial charge in [0.2, 0.25) is 9.84 Å². The first-order chi connectivity index (χ1) is 13.4. The van der Waals surface area contributed by atoms with Crippen molar-refractivity contribution in [3.05, 3.63) is 63.1 Å². The van der Waals surface area contributed by atoms with Crippen LogP contribution >= 0.6 is 27.5 Å². The summed E-state index contributed by atoms with van der Waals surface area (Å²) < 4.78 is 32.6. The van der Waals surface area contributed by atoms with Crippen molar-refractivity contribution in [3.63, 3.8) is 0 Å². The van der Waals surface area contributed by atoms with E-state index in [9.17, 15) is 13.2 Å². The molecule has 0 atom stereocenters. The van der Waals surface area contributed by atoms with Gasteiger partial charge in [0, 0.05) is 34.5 Å². The molecule has 0 spiro atoms. The molecule has 2 aliphatic rings. The number of ether oxygens (including phenoxy) is 1. The largest absolute Gasteiger partial charge is 0.378 e. The first-order valence-electron chi connectivity index (χ1n) is 8.56. The number of halogens is 2. The number of hydrogen-bond acceptors (Lipinski definition) is 5. The average molecular weight is 484 g/mol. The van der Waals surface area contributed by atoms with Crippen LogP contribution in [0.5, 0.6) is 0 Å². The molecule has 0 aliphatic carbocycles. The van der Waals surface area contributed by atoms with E-state index in [1.165, 1.54) is 23.2 Å². The Morgan fingerprint density at radius 3 is 2.43 bits per heavy atom. The van der Waals surface area contributed by atoms with Gasteiger partial charge < -0.3 is 14.5 Å². The van der Waals surface area contributed by atoms with E-state index in [1.54, 1.807) is 11.0 Å². The molecule has 0 saturated carbocycles. The number of anilines is 2. The smallest absolute Gasteiger partial charge is 0.267 e. The molecule has 2 aromatic carbocycles. The molecule has 0 unspecified atom stereocenters.